The van der Waals surface area contributed by atoms with Crippen LogP contribution in [0.4, 0.5) is 17.1 Å². The first kappa shape index (κ1) is 34.5. The Morgan fingerprint density at radius 3 is 1.41 bits per heavy atom. The summed E-state index contributed by atoms with van der Waals surface area (Å²) in [5, 5.41) is 9.81. The molecule has 63 heavy (non-hydrogen) atoms. The SMILES string of the molecule is c1cc(-c2cccc3oc4ccccc4c23)cc(N(c2ccc3c(c2)C2(c4ccccc4-c4ccccc42)c2ccccc2-3)c2ccc3c4ccccc4c4ccccc4c3c2)c1. The number of furan rings is 1. The predicted octanol–water partition coefficient (Wildman–Crippen LogP) is 16.5. The minimum absolute atomic E-state index is 0.459. The fourth-order valence-electron chi connectivity index (χ4n) is 11.5. The smallest absolute Gasteiger partial charge is 0.136 e. The summed E-state index contributed by atoms with van der Waals surface area (Å²) < 4.78 is 6.39. The molecule has 0 amide bonds. The van der Waals surface area contributed by atoms with Gasteiger partial charge in [0.05, 0.1) is 5.41 Å². The Kier molecular flexibility index (Phi) is 7.07. The molecule has 0 radical (unpaired) electrons. The lowest BCUT2D eigenvalue weighted by atomic mass is 9.70. The number of nitrogens with zero attached hydrogens (tertiary/aromatic N) is 1. The molecule has 1 heterocycles. The number of benzene rings is 11. The van der Waals surface area contributed by atoms with Crippen molar-refractivity contribution in [2.24, 2.45) is 0 Å². The highest BCUT2D eigenvalue weighted by atomic mass is 16.3. The van der Waals surface area contributed by atoms with Crippen LogP contribution < -0.4 is 4.90 Å². The second-order valence-corrected chi connectivity index (χ2v) is 17.1. The summed E-state index contributed by atoms with van der Waals surface area (Å²) in [6.45, 7) is 0. The standard InChI is InChI=1S/C61H37NO/c1-2-19-45-43(17-1)44-18-3-4-20-46(44)53-36-40(31-33-47(45)53)62(39-16-13-15-38(35-39)42-25-14-30-59-60(42)52-24-8-12-29-58(52)63-59)41-32-34-51-50-23-7-11-28-56(50)61(57(51)37-41)54-26-9-5-21-48(54)49-22-6-10-27-55(49)61/h1-37H. The van der Waals surface area contributed by atoms with Crippen LogP contribution in [-0.4, -0.2) is 0 Å². The first-order valence-electron chi connectivity index (χ1n) is 21.8. The van der Waals surface area contributed by atoms with Gasteiger partial charge in [-0.3, -0.25) is 0 Å². The second-order valence-electron chi connectivity index (χ2n) is 17.1. The maximum atomic E-state index is 6.39. The van der Waals surface area contributed by atoms with Crippen LogP contribution in [0.3, 0.4) is 0 Å². The number of fused-ring (bicyclic) bond motifs is 19. The molecule has 0 aliphatic heterocycles. The average molecular weight is 800 g/mol. The summed E-state index contributed by atoms with van der Waals surface area (Å²) in [6, 6.07) is 83.0. The molecule has 0 bridgehead atoms. The fraction of sp³-hybridized carbons (Fsp3) is 0.0164. The van der Waals surface area contributed by atoms with Gasteiger partial charge < -0.3 is 9.32 Å². The molecule has 12 aromatic rings. The van der Waals surface area contributed by atoms with E-state index in [2.05, 4.69) is 223 Å². The van der Waals surface area contributed by atoms with Crippen molar-refractivity contribution in [3.63, 3.8) is 0 Å². The zero-order chi connectivity index (χ0) is 41.2. The van der Waals surface area contributed by atoms with Gasteiger partial charge >= 0.3 is 0 Å². The lowest BCUT2D eigenvalue weighted by molar-refractivity contribution is 0.669. The molecule has 2 heteroatoms. The van der Waals surface area contributed by atoms with Crippen molar-refractivity contribution >= 4 is 71.3 Å². The Labute approximate surface area is 364 Å². The average Bonchev–Trinajstić information content (AvgIpc) is 3.98. The molecular formula is C61H37NO. The molecule has 2 aliphatic rings. The van der Waals surface area contributed by atoms with Crippen LogP contribution in [-0.2, 0) is 5.41 Å². The third-order valence-electron chi connectivity index (χ3n) is 14.0. The Balaban J connectivity index is 1.05. The summed E-state index contributed by atoms with van der Waals surface area (Å²) in [7, 11) is 0. The molecule has 1 spiro atoms. The Bertz CT molecular complexity index is 3790. The van der Waals surface area contributed by atoms with Crippen molar-refractivity contribution in [3.8, 4) is 33.4 Å². The molecule has 0 unspecified atom stereocenters. The van der Waals surface area contributed by atoms with Gasteiger partial charge in [0.1, 0.15) is 11.2 Å². The van der Waals surface area contributed by atoms with Gasteiger partial charge in [-0.15, -0.1) is 0 Å². The van der Waals surface area contributed by atoms with Gasteiger partial charge in [-0.05, 0) is 136 Å². The summed E-state index contributed by atoms with van der Waals surface area (Å²) in [5.74, 6) is 0. The number of para-hydroxylation sites is 1. The first-order chi connectivity index (χ1) is 31.3. The minimum atomic E-state index is -0.459. The lowest BCUT2D eigenvalue weighted by Gasteiger charge is -2.32. The van der Waals surface area contributed by atoms with Crippen molar-refractivity contribution in [2.45, 2.75) is 5.41 Å². The van der Waals surface area contributed by atoms with E-state index in [0.717, 1.165) is 50.1 Å². The van der Waals surface area contributed by atoms with Crippen molar-refractivity contribution in [3.05, 3.63) is 247 Å². The van der Waals surface area contributed by atoms with Gasteiger partial charge in [-0.2, -0.15) is 0 Å². The minimum Gasteiger partial charge on any atom is -0.456 e. The topological polar surface area (TPSA) is 16.4 Å². The van der Waals surface area contributed by atoms with E-state index in [4.69, 9.17) is 4.42 Å². The summed E-state index contributed by atoms with van der Waals surface area (Å²) >= 11 is 0. The van der Waals surface area contributed by atoms with E-state index < -0.39 is 5.41 Å². The highest BCUT2D eigenvalue weighted by molar-refractivity contribution is 6.26. The summed E-state index contributed by atoms with van der Waals surface area (Å²) in [6.07, 6.45) is 0. The molecule has 1 aromatic heterocycles. The monoisotopic (exact) mass is 799 g/mol. The highest BCUT2D eigenvalue weighted by Gasteiger charge is 2.51. The van der Waals surface area contributed by atoms with Crippen molar-refractivity contribution in [2.75, 3.05) is 4.90 Å². The summed E-state index contributed by atoms with van der Waals surface area (Å²) in [5.41, 5.74) is 17.4. The van der Waals surface area contributed by atoms with Crippen LogP contribution in [0.5, 0.6) is 0 Å². The Morgan fingerprint density at radius 1 is 0.286 bits per heavy atom. The van der Waals surface area contributed by atoms with Crippen molar-refractivity contribution < 1.29 is 4.42 Å². The lowest BCUT2D eigenvalue weighted by Crippen LogP contribution is -2.26. The van der Waals surface area contributed by atoms with Crippen LogP contribution in [0.2, 0.25) is 0 Å². The maximum absolute atomic E-state index is 6.39. The molecule has 292 valence electrons. The van der Waals surface area contributed by atoms with Crippen LogP contribution in [0, 0.1) is 0 Å². The van der Waals surface area contributed by atoms with E-state index in [9.17, 15) is 0 Å². The van der Waals surface area contributed by atoms with Gasteiger partial charge in [0.25, 0.3) is 0 Å². The van der Waals surface area contributed by atoms with Gasteiger partial charge in [0.15, 0.2) is 0 Å². The van der Waals surface area contributed by atoms with E-state index in [1.807, 2.05) is 6.07 Å². The van der Waals surface area contributed by atoms with Crippen molar-refractivity contribution in [1.29, 1.82) is 0 Å². The molecule has 2 nitrogen and oxygen atoms in total. The van der Waals surface area contributed by atoms with Crippen LogP contribution in [0.25, 0.3) is 87.6 Å². The Hall–Kier alpha value is -8.20. The molecule has 2 aliphatic carbocycles. The third kappa shape index (κ3) is 4.67. The van der Waals surface area contributed by atoms with E-state index >= 15 is 0 Å². The maximum Gasteiger partial charge on any atom is 0.136 e. The highest BCUT2D eigenvalue weighted by Crippen LogP contribution is 2.63. The molecule has 0 atom stereocenters. The van der Waals surface area contributed by atoms with Crippen LogP contribution >= 0.6 is 0 Å². The zero-order valence-corrected chi connectivity index (χ0v) is 34.2. The van der Waals surface area contributed by atoms with Gasteiger partial charge in [0, 0.05) is 27.8 Å². The molecule has 0 saturated heterocycles. The zero-order valence-electron chi connectivity index (χ0n) is 34.2. The van der Waals surface area contributed by atoms with E-state index in [0.29, 0.717) is 0 Å². The molecule has 0 N–H and O–H groups in total. The third-order valence-corrected chi connectivity index (χ3v) is 14.0. The largest absolute Gasteiger partial charge is 0.456 e. The molecule has 11 aromatic carbocycles. The van der Waals surface area contributed by atoms with Gasteiger partial charge in [0.2, 0.25) is 0 Å². The number of rotatable bonds is 4. The summed E-state index contributed by atoms with van der Waals surface area (Å²) in [4.78, 5) is 2.48. The quantitative estimate of drug-likeness (QED) is 0.165. The van der Waals surface area contributed by atoms with E-state index in [1.165, 1.54) is 76.8 Å². The van der Waals surface area contributed by atoms with E-state index in [1.54, 1.807) is 0 Å². The number of hydrogen-bond donors (Lipinski definition) is 0. The number of anilines is 3. The number of hydrogen-bond acceptors (Lipinski definition) is 2. The second kappa shape index (κ2) is 12.9. The first-order valence-corrected chi connectivity index (χ1v) is 21.8. The fourth-order valence-corrected chi connectivity index (χ4v) is 11.5. The molecule has 14 rings (SSSR count). The van der Waals surface area contributed by atoms with Gasteiger partial charge in [-0.1, -0.05) is 176 Å². The van der Waals surface area contributed by atoms with Gasteiger partial charge in [-0.25, -0.2) is 0 Å². The molecule has 0 saturated carbocycles. The van der Waals surface area contributed by atoms with Crippen LogP contribution in [0.1, 0.15) is 22.3 Å². The predicted molar refractivity (Wildman–Crippen MR) is 263 cm³/mol. The Morgan fingerprint density at radius 2 is 0.746 bits per heavy atom. The van der Waals surface area contributed by atoms with E-state index in [-0.39, 0.29) is 0 Å². The van der Waals surface area contributed by atoms with Crippen LogP contribution in [0.15, 0.2) is 229 Å². The van der Waals surface area contributed by atoms with Crippen molar-refractivity contribution in [1.82, 2.24) is 0 Å². The molecule has 0 fully saturated rings. The normalized spacial score (nSPS) is 13.2. The molecular weight excluding hydrogens is 763 g/mol.